The highest BCUT2D eigenvalue weighted by Crippen LogP contribution is 2.33. The van der Waals surface area contributed by atoms with Crippen LogP contribution < -0.4 is 4.90 Å². The number of hydrogen-bond donors (Lipinski definition) is 0. The van der Waals surface area contributed by atoms with Gasteiger partial charge in [0.1, 0.15) is 5.82 Å². The van der Waals surface area contributed by atoms with Gasteiger partial charge in [0.05, 0.1) is 17.2 Å². The zero-order chi connectivity index (χ0) is 14.3. The molecule has 1 aliphatic heterocycles. The molecule has 1 aromatic carbocycles. The Morgan fingerprint density at radius 3 is 2.85 bits per heavy atom. The first kappa shape index (κ1) is 12.9. The highest BCUT2D eigenvalue weighted by molar-refractivity contribution is 9.10. The van der Waals surface area contributed by atoms with Gasteiger partial charge in [-0.25, -0.2) is 0 Å². The summed E-state index contributed by atoms with van der Waals surface area (Å²) in [7, 11) is 1.82. The molecule has 0 bridgehead atoms. The fourth-order valence-electron chi connectivity index (χ4n) is 2.40. The molecule has 2 aromatic rings. The minimum atomic E-state index is -0.0101. The molecule has 3 rings (SSSR count). The van der Waals surface area contributed by atoms with E-state index in [0.717, 1.165) is 27.0 Å². The third-order valence-electron chi connectivity index (χ3n) is 3.30. The highest BCUT2D eigenvalue weighted by atomic mass is 79.9. The van der Waals surface area contributed by atoms with Crippen LogP contribution in [0.15, 0.2) is 28.9 Å². The molecule has 0 spiro atoms. The molecule has 0 saturated heterocycles. The molecular weight excluding hydrogens is 318 g/mol. The molecule has 2 heterocycles. The largest absolute Gasteiger partial charge is 0.287 e. The second-order valence-electron chi connectivity index (χ2n) is 4.58. The van der Waals surface area contributed by atoms with Gasteiger partial charge in [0.25, 0.3) is 5.91 Å². The van der Waals surface area contributed by atoms with Gasteiger partial charge >= 0.3 is 0 Å². The van der Waals surface area contributed by atoms with Crippen LogP contribution in [0.4, 0.5) is 5.82 Å². The lowest BCUT2D eigenvalue weighted by Crippen LogP contribution is -2.25. The van der Waals surface area contributed by atoms with Crippen LogP contribution in [-0.2, 0) is 13.6 Å². The molecule has 5 heteroatoms. The fourth-order valence-corrected chi connectivity index (χ4v) is 2.96. The van der Waals surface area contributed by atoms with Crippen molar-refractivity contribution in [2.45, 2.75) is 13.5 Å². The second kappa shape index (κ2) is 4.80. The summed E-state index contributed by atoms with van der Waals surface area (Å²) in [5.41, 5.74) is 2.61. The van der Waals surface area contributed by atoms with Crippen molar-refractivity contribution < 1.29 is 4.79 Å². The Morgan fingerprint density at radius 1 is 1.40 bits per heavy atom. The van der Waals surface area contributed by atoms with E-state index >= 15 is 0 Å². The average molecular weight is 330 g/mol. The smallest absolute Gasteiger partial charge is 0.260 e. The molecule has 0 unspecified atom stereocenters. The standard InChI is InChI=1S/C15H12BrN3O/c1-3-4-10-5-6-11-9-19(15(20)12(11)7-10)14-13(16)8-17-18(14)2/h5-8H,9H2,1-2H3. The number of fused-ring (bicyclic) bond motifs is 1. The van der Waals surface area contributed by atoms with E-state index < -0.39 is 0 Å². The van der Waals surface area contributed by atoms with Crippen molar-refractivity contribution in [3.05, 3.63) is 45.6 Å². The first-order valence-electron chi connectivity index (χ1n) is 6.17. The number of halogens is 1. The number of carbonyl (C=O) groups excluding carboxylic acids is 1. The number of anilines is 1. The summed E-state index contributed by atoms with van der Waals surface area (Å²) < 4.78 is 2.51. The maximum atomic E-state index is 12.6. The normalized spacial score (nSPS) is 13.2. The van der Waals surface area contributed by atoms with E-state index in [1.807, 2.05) is 25.2 Å². The third-order valence-corrected chi connectivity index (χ3v) is 3.86. The van der Waals surface area contributed by atoms with Crippen LogP contribution in [-0.4, -0.2) is 15.7 Å². The number of hydrogen-bond acceptors (Lipinski definition) is 2. The monoisotopic (exact) mass is 329 g/mol. The topological polar surface area (TPSA) is 38.1 Å². The molecule has 0 fully saturated rings. The van der Waals surface area contributed by atoms with Crippen LogP contribution in [0.3, 0.4) is 0 Å². The zero-order valence-corrected chi connectivity index (χ0v) is 12.7. The Morgan fingerprint density at radius 2 is 2.20 bits per heavy atom. The molecule has 4 nitrogen and oxygen atoms in total. The van der Waals surface area contributed by atoms with Crippen LogP contribution in [0.25, 0.3) is 0 Å². The van der Waals surface area contributed by atoms with Gasteiger partial charge in [-0.15, -0.1) is 5.92 Å². The number of amides is 1. The van der Waals surface area contributed by atoms with E-state index in [1.54, 1.807) is 22.7 Å². The van der Waals surface area contributed by atoms with Crippen LogP contribution in [0.1, 0.15) is 28.4 Å². The molecule has 1 aliphatic rings. The summed E-state index contributed by atoms with van der Waals surface area (Å²) in [6.45, 7) is 2.35. The van der Waals surface area contributed by atoms with Gasteiger partial charge in [-0.2, -0.15) is 5.10 Å². The quantitative estimate of drug-likeness (QED) is 0.754. The molecule has 100 valence electrons. The van der Waals surface area contributed by atoms with E-state index in [2.05, 4.69) is 32.9 Å². The number of nitrogens with zero attached hydrogens (tertiary/aromatic N) is 3. The van der Waals surface area contributed by atoms with E-state index in [4.69, 9.17) is 0 Å². The van der Waals surface area contributed by atoms with Crippen molar-refractivity contribution in [3.63, 3.8) is 0 Å². The van der Waals surface area contributed by atoms with Crippen LogP contribution in [0.2, 0.25) is 0 Å². The van der Waals surface area contributed by atoms with Gasteiger partial charge in [0.15, 0.2) is 0 Å². The molecule has 1 amide bonds. The van der Waals surface area contributed by atoms with Crippen molar-refractivity contribution in [2.75, 3.05) is 4.90 Å². The maximum absolute atomic E-state index is 12.6. The van der Waals surface area contributed by atoms with Crippen LogP contribution >= 0.6 is 15.9 Å². The van der Waals surface area contributed by atoms with Crippen molar-refractivity contribution in [3.8, 4) is 11.8 Å². The first-order chi connectivity index (χ1) is 9.61. The average Bonchev–Trinajstić information content (AvgIpc) is 2.92. The Balaban J connectivity index is 2.04. The fraction of sp³-hybridized carbons (Fsp3) is 0.200. The molecule has 1 aromatic heterocycles. The number of benzene rings is 1. The maximum Gasteiger partial charge on any atom is 0.260 e. The first-order valence-corrected chi connectivity index (χ1v) is 6.96. The Bertz CT molecular complexity index is 748. The van der Waals surface area contributed by atoms with Crippen molar-refractivity contribution >= 4 is 27.7 Å². The lowest BCUT2D eigenvalue weighted by Gasteiger charge is -2.16. The number of rotatable bonds is 1. The molecule has 0 aliphatic carbocycles. The molecule has 0 N–H and O–H groups in total. The summed E-state index contributed by atoms with van der Waals surface area (Å²) >= 11 is 3.44. The lowest BCUT2D eigenvalue weighted by molar-refractivity contribution is 0.0995. The number of aromatic nitrogens is 2. The SMILES string of the molecule is CC#Cc1ccc2c(c1)C(=O)N(c1c(Br)cnn1C)C2. The predicted molar refractivity (Wildman–Crippen MR) is 80.4 cm³/mol. The van der Waals surface area contributed by atoms with Gasteiger partial charge in [-0.1, -0.05) is 12.0 Å². The van der Waals surface area contributed by atoms with E-state index in [9.17, 15) is 4.79 Å². The van der Waals surface area contributed by atoms with Crippen LogP contribution in [0.5, 0.6) is 0 Å². The minimum absolute atomic E-state index is 0.0101. The summed E-state index contributed by atoms with van der Waals surface area (Å²) in [6, 6.07) is 5.78. The van der Waals surface area contributed by atoms with Gasteiger partial charge in [0, 0.05) is 18.2 Å². The van der Waals surface area contributed by atoms with Gasteiger partial charge < -0.3 is 0 Å². The summed E-state index contributed by atoms with van der Waals surface area (Å²) in [5, 5.41) is 4.16. The molecular formula is C15H12BrN3O. The molecule has 20 heavy (non-hydrogen) atoms. The molecule has 0 radical (unpaired) electrons. The summed E-state index contributed by atoms with van der Waals surface area (Å²) in [5.74, 6) is 6.60. The van der Waals surface area contributed by atoms with E-state index in [-0.39, 0.29) is 5.91 Å². The van der Waals surface area contributed by atoms with Crippen molar-refractivity contribution in [1.29, 1.82) is 0 Å². The Labute approximate surface area is 125 Å². The zero-order valence-electron chi connectivity index (χ0n) is 11.1. The van der Waals surface area contributed by atoms with Gasteiger partial charge in [-0.05, 0) is 40.5 Å². The van der Waals surface area contributed by atoms with Crippen molar-refractivity contribution in [2.24, 2.45) is 7.05 Å². The summed E-state index contributed by atoms with van der Waals surface area (Å²) in [6.07, 6.45) is 1.69. The van der Waals surface area contributed by atoms with E-state index in [1.165, 1.54) is 0 Å². The van der Waals surface area contributed by atoms with E-state index in [0.29, 0.717) is 6.54 Å². The lowest BCUT2D eigenvalue weighted by atomic mass is 10.1. The molecule has 0 saturated carbocycles. The second-order valence-corrected chi connectivity index (χ2v) is 5.43. The third kappa shape index (κ3) is 1.93. The summed E-state index contributed by atoms with van der Waals surface area (Å²) in [4.78, 5) is 14.3. The number of aryl methyl sites for hydroxylation is 1. The Hall–Kier alpha value is -2.06. The van der Waals surface area contributed by atoms with Gasteiger partial charge in [0.2, 0.25) is 0 Å². The minimum Gasteiger partial charge on any atom is -0.287 e. The predicted octanol–water partition coefficient (Wildman–Crippen LogP) is 2.71. The van der Waals surface area contributed by atoms with Gasteiger partial charge in [-0.3, -0.25) is 14.4 Å². The number of carbonyl (C=O) groups is 1. The van der Waals surface area contributed by atoms with Crippen molar-refractivity contribution in [1.82, 2.24) is 9.78 Å². The van der Waals surface area contributed by atoms with Crippen LogP contribution in [0, 0.1) is 11.8 Å². The Kier molecular flexibility index (Phi) is 3.11. The highest BCUT2D eigenvalue weighted by Gasteiger charge is 2.31. The molecule has 0 atom stereocenters.